The minimum absolute atomic E-state index is 0.0233. The van der Waals surface area contributed by atoms with Crippen molar-refractivity contribution in [1.29, 1.82) is 0 Å². The van der Waals surface area contributed by atoms with Crippen molar-refractivity contribution in [2.75, 3.05) is 0 Å². The third kappa shape index (κ3) is 2.30. The van der Waals surface area contributed by atoms with Crippen molar-refractivity contribution in [3.63, 3.8) is 0 Å². The summed E-state index contributed by atoms with van der Waals surface area (Å²) in [4.78, 5) is 16.8. The highest BCUT2D eigenvalue weighted by molar-refractivity contribution is 7.13. The van der Waals surface area contributed by atoms with Crippen LogP contribution in [0.15, 0.2) is 23.7 Å². The maximum absolute atomic E-state index is 11.6. The minimum Gasteiger partial charge on any atom is -0.292 e. The molecule has 0 bridgehead atoms. The molecule has 0 saturated carbocycles. The summed E-state index contributed by atoms with van der Waals surface area (Å²) in [6, 6.07) is 3.83. The second-order valence-electron chi connectivity index (χ2n) is 3.32. The van der Waals surface area contributed by atoms with Gasteiger partial charge in [-0.1, -0.05) is 13.0 Å². The Bertz CT molecular complexity index is 482. The van der Waals surface area contributed by atoms with Crippen LogP contribution in [0, 0.1) is 0 Å². The molecule has 4 nitrogen and oxygen atoms in total. The van der Waals surface area contributed by atoms with Crippen LogP contribution < -0.4 is 0 Å². The summed E-state index contributed by atoms with van der Waals surface area (Å²) in [6.07, 6.45) is 2.74. The Morgan fingerprint density at radius 2 is 2.38 bits per heavy atom. The lowest BCUT2D eigenvalue weighted by Gasteiger charge is -1.99. The first kappa shape index (κ1) is 10.9. The number of ketones is 1. The number of nitrogens with zero attached hydrogens (tertiary/aromatic N) is 3. The molecule has 82 valence electrons. The van der Waals surface area contributed by atoms with E-state index in [1.807, 2.05) is 24.4 Å². The van der Waals surface area contributed by atoms with Gasteiger partial charge in [0, 0.05) is 6.42 Å². The second-order valence-corrected chi connectivity index (χ2v) is 4.26. The molecule has 2 heterocycles. The molecule has 16 heavy (non-hydrogen) atoms. The van der Waals surface area contributed by atoms with Gasteiger partial charge >= 0.3 is 0 Å². The zero-order chi connectivity index (χ0) is 11.4. The predicted molar refractivity (Wildman–Crippen MR) is 62.4 cm³/mol. The van der Waals surface area contributed by atoms with E-state index in [-0.39, 0.29) is 5.78 Å². The molecular formula is C11H11N3OS. The van der Waals surface area contributed by atoms with Crippen molar-refractivity contribution in [3.8, 4) is 10.7 Å². The lowest BCUT2D eigenvalue weighted by Crippen LogP contribution is -2.04. The molecule has 0 aliphatic heterocycles. The number of rotatable bonds is 4. The van der Waals surface area contributed by atoms with E-state index < -0.39 is 0 Å². The lowest BCUT2D eigenvalue weighted by atomic mass is 10.2. The van der Waals surface area contributed by atoms with E-state index in [1.165, 1.54) is 17.5 Å². The van der Waals surface area contributed by atoms with Crippen molar-refractivity contribution in [2.45, 2.75) is 19.8 Å². The SMILES string of the molecule is CCCC(=O)c1cnnc(-c2cccs2)n1. The molecule has 0 radical (unpaired) electrons. The molecule has 0 N–H and O–H groups in total. The summed E-state index contributed by atoms with van der Waals surface area (Å²) in [6.45, 7) is 1.96. The van der Waals surface area contributed by atoms with E-state index in [4.69, 9.17) is 0 Å². The third-order valence-electron chi connectivity index (χ3n) is 2.06. The molecular weight excluding hydrogens is 222 g/mol. The van der Waals surface area contributed by atoms with Gasteiger partial charge in [-0.25, -0.2) is 4.98 Å². The van der Waals surface area contributed by atoms with Gasteiger partial charge in [0.1, 0.15) is 5.69 Å². The van der Waals surface area contributed by atoms with E-state index in [1.54, 1.807) is 0 Å². The quantitative estimate of drug-likeness (QED) is 0.762. The van der Waals surface area contributed by atoms with Gasteiger partial charge in [0.25, 0.3) is 0 Å². The van der Waals surface area contributed by atoms with Gasteiger partial charge in [0.15, 0.2) is 11.6 Å². The molecule has 0 aliphatic carbocycles. The van der Waals surface area contributed by atoms with Crippen molar-refractivity contribution >= 4 is 17.1 Å². The van der Waals surface area contributed by atoms with Gasteiger partial charge in [-0.05, 0) is 17.9 Å². The molecule has 0 spiro atoms. The van der Waals surface area contributed by atoms with Gasteiger partial charge in [-0.2, -0.15) is 5.10 Å². The maximum Gasteiger partial charge on any atom is 0.192 e. The van der Waals surface area contributed by atoms with Crippen LogP contribution in [-0.2, 0) is 0 Å². The third-order valence-corrected chi connectivity index (χ3v) is 2.93. The predicted octanol–water partition coefficient (Wildman–Crippen LogP) is 2.58. The monoisotopic (exact) mass is 233 g/mol. The van der Waals surface area contributed by atoms with E-state index in [0.29, 0.717) is 17.9 Å². The van der Waals surface area contributed by atoms with Gasteiger partial charge in [0.2, 0.25) is 0 Å². The molecule has 0 atom stereocenters. The largest absolute Gasteiger partial charge is 0.292 e. The first-order chi connectivity index (χ1) is 7.81. The lowest BCUT2D eigenvalue weighted by molar-refractivity contribution is 0.0976. The molecule has 2 rings (SSSR count). The molecule has 2 aromatic heterocycles. The molecule has 0 fully saturated rings. The van der Waals surface area contributed by atoms with Crippen molar-refractivity contribution in [3.05, 3.63) is 29.4 Å². The summed E-state index contributed by atoms with van der Waals surface area (Å²) in [7, 11) is 0. The van der Waals surface area contributed by atoms with E-state index in [2.05, 4.69) is 15.2 Å². The minimum atomic E-state index is 0.0233. The Balaban J connectivity index is 2.30. The number of hydrogen-bond donors (Lipinski definition) is 0. The number of Topliss-reactive ketones (excluding diaryl/α,β-unsaturated/α-hetero) is 1. The van der Waals surface area contributed by atoms with Crippen LogP contribution in [-0.4, -0.2) is 21.0 Å². The van der Waals surface area contributed by atoms with Crippen LogP contribution >= 0.6 is 11.3 Å². The average Bonchev–Trinajstić information content (AvgIpc) is 2.83. The Labute approximate surface area is 97.4 Å². The van der Waals surface area contributed by atoms with Gasteiger partial charge < -0.3 is 0 Å². The molecule has 0 aromatic carbocycles. The van der Waals surface area contributed by atoms with Gasteiger partial charge in [0.05, 0.1) is 11.1 Å². The average molecular weight is 233 g/mol. The summed E-state index contributed by atoms with van der Waals surface area (Å²) in [5.41, 5.74) is 0.403. The van der Waals surface area contributed by atoms with E-state index >= 15 is 0 Å². The summed E-state index contributed by atoms with van der Waals surface area (Å²) in [5.74, 6) is 0.548. The Morgan fingerprint density at radius 1 is 1.50 bits per heavy atom. The van der Waals surface area contributed by atoms with Crippen molar-refractivity contribution in [2.24, 2.45) is 0 Å². The molecule has 0 amide bonds. The number of thiophene rings is 1. The fourth-order valence-corrected chi connectivity index (χ4v) is 1.96. The van der Waals surface area contributed by atoms with Crippen LogP contribution in [0.25, 0.3) is 10.7 Å². The van der Waals surface area contributed by atoms with Gasteiger partial charge in [-0.3, -0.25) is 4.79 Å². The number of aromatic nitrogens is 3. The maximum atomic E-state index is 11.6. The summed E-state index contributed by atoms with van der Waals surface area (Å²) in [5, 5.41) is 9.68. The Morgan fingerprint density at radius 3 is 3.06 bits per heavy atom. The van der Waals surface area contributed by atoms with E-state index in [0.717, 1.165) is 11.3 Å². The fraction of sp³-hybridized carbons (Fsp3) is 0.273. The zero-order valence-corrected chi connectivity index (χ0v) is 9.70. The zero-order valence-electron chi connectivity index (χ0n) is 8.88. The smallest absolute Gasteiger partial charge is 0.192 e. The number of hydrogen-bond acceptors (Lipinski definition) is 5. The van der Waals surface area contributed by atoms with E-state index in [9.17, 15) is 4.79 Å². The van der Waals surface area contributed by atoms with Gasteiger partial charge in [-0.15, -0.1) is 16.4 Å². The van der Waals surface area contributed by atoms with Crippen LogP contribution in [0.3, 0.4) is 0 Å². The normalized spacial score (nSPS) is 10.3. The highest BCUT2D eigenvalue weighted by atomic mass is 32.1. The van der Waals surface area contributed by atoms with Crippen LogP contribution in [0.2, 0.25) is 0 Å². The van der Waals surface area contributed by atoms with Crippen LogP contribution in [0.5, 0.6) is 0 Å². The fourth-order valence-electron chi connectivity index (χ4n) is 1.30. The van der Waals surface area contributed by atoms with Crippen LogP contribution in [0.4, 0.5) is 0 Å². The highest BCUT2D eigenvalue weighted by Gasteiger charge is 2.10. The van der Waals surface area contributed by atoms with Crippen molar-refractivity contribution in [1.82, 2.24) is 15.2 Å². The standard InChI is InChI=1S/C11H11N3OS/c1-2-4-9(15)8-7-12-14-11(13-8)10-5-3-6-16-10/h3,5-7H,2,4H2,1H3. The molecule has 0 saturated heterocycles. The molecule has 5 heteroatoms. The number of carbonyl (C=O) groups is 1. The summed E-state index contributed by atoms with van der Waals surface area (Å²) < 4.78 is 0. The first-order valence-electron chi connectivity index (χ1n) is 5.08. The molecule has 2 aromatic rings. The summed E-state index contributed by atoms with van der Waals surface area (Å²) >= 11 is 1.53. The first-order valence-corrected chi connectivity index (χ1v) is 5.96. The molecule has 0 aliphatic rings. The highest BCUT2D eigenvalue weighted by Crippen LogP contribution is 2.20. The topological polar surface area (TPSA) is 55.7 Å². The Hall–Kier alpha value is -1.62. The second kappa shape index (κ2) is 4.94. The molecule has 0 unspecified atom stereocenters. The van der Waals surface area contributed by atoms with Crippen LogP contribution in [0.1, 0.15) is 30.3 Å². The Kier molecular flexibility index (Phi) is 3.36. The van der Waals surface area contributed by atoms with Crippen molar-refractivity contribution < 1.29 is 4.79 Å². The number of carbonyl (C=O) groups excluding carboxylic acids is 1.